The highest BCUT2D eigenvalue weighted by Gasteiger charge is 2.15. The molecular formula is C14H18F3N3O2S. The first-order valence-electron chi connectivity index (χ1n) is 6.56. The van der Waals surface area contributed by atoms with Gasteiger partial charge in [-0.2, -0.15) is 13.2 Å². The van der Waals surface area contributed by atoms with E-state index in [0.29, 0.717) is 6.04 Å². The Morgan fingerprint density at radius 2 is 1.70 bits per heavy atom. The smallest absolute Gasteiger partial charge is 0.379 e. The van der Waals surface area contributed by atoms with E-state index in [0.717, 1.165) is 6.42 Å². The van der Waals surface area contributed by atoms with E-state index in [2.05, 4.69) is 65.1 Å². The Bertz CT molecular complexity index is 651. The molecule has 9 heteroatoms. The molecule has 1 atom stereocenters. The predicted octanol–water partition coefficient (Wildman–Crippen LogP) is 3.11. The lowest BCUT2D eigenvalue weighted by Crippen LogP contribution is -2.24. The van der Waals surface area contributed by atoms with Crippen LogP contribution in [0.4, 0.5) is 13.2 Å². The maximum atomic E-state index is 9.67. The number of alkyl halides is 3. The lowest BCUT2D eigenvalue weighted by Gasteiger charge is -2.11. The highest BCUT2D eigenvalue weighted by atomic mass is 32.2. The third-order valence-electron chi connectivity index (χ3n) is 2.72. The largest absolute Gasteiger partial charge is 0.686 e. The Balaban J connectivity index is 0.000000509. The highest BCUT2D eigenvalue weighted by molar-refractivity contribution is 7.63. The summed E-state index contributed by atoms with van der Waals surface area (Å²) in [5.41, 5.74) is 1.37. The predicted molar refractivity (Wildman–Crippen MR) is 79.9 cm³/mol. The zero-order valence-electron chi connectivity index (χ0n) is 12.7. The Hall–Kier alpha value is -2.16. The first-order chi connectivity index (χ1) is 10.8. The van der Waals surface area contributed by atoms with E-state index >= 15 is 0 Å². The molecule has 2 aromatic rings. The van der Waals surface area contributed by atoms with Crippen LogP contribution in [0.5, 0.6) is 0 Å². The summed E-state index contributed by atoms with van der Waals surface area (Å²) in [4.78, 5) is 0. The molecule has 2 rings (SSSR count). The third-order valence-corrected chi connectivity index (χ3v) is 2.72. The van der Waals surface area contributed by atoms with Gasteiger partial charge in [0.1, 0.15) is 28.9 Å². The van der Waals surface area contributed by atoms with Gasteiger partial charge in [0.15, 0.2) is 0 Å². The van der Waals surface area contributed by atoms with Crippen LogP contribution < -0.4 is 4.57 Å². The van der Waals surface area contributed by atoms with E-state index in [9.17, 15) is 13.2 Å². The SMILES string of the molecule is CCC(c1ccccc1)n1cc[n+](C)c1.FC(F)F.[N-]=S(=O)=O. The van der Waals surface area contributed by atoms with E-state index in [1.54, 1.807) is 0 Å². The fraction of sp³-hybridized carbons (Fsp3) is 0.357. The van der Waals surface area contributed by atoms with Crippen LogP contribution in [0.3, 0.4) is 0 Å². The van der Waals surface area contributed by atoms with Gasteiger partial charge in [-0.1, -0.05) is 37.3 Å². The normalized spacial score (nSPS) is 10.9. The second-order valence-corrected chi connectivity index (χ2v) is 4.76. The zero-order valence-corrected chi connectivity index (χ0v) is 13.5. The van der Waals surface area contributed by atoms with Gasteiger partial charge in [-0.25, -0.2) is 17.6 Å². The molecule has 23 heavy (non-hydrogen) atoms. The standard InChI is InChI=1S/C13H17N2.CHF3.NO2S/c1-3-13(12-7-5-4-6-8-12)15-10-9-14(2)11-15;2-1(3)4;1-4(2)3/h4-11,13H,3H2,1-2H3;1H;/q+1;;-1. The molecule has 1 heterocycles. The van der Waals surface area contributed by atoms with Crippen LogP contribution in [0, 0.1) is 0 Å². The first-order valence-corrected chi connectivity index (χ1v) is 7.59. The van der Waals surface area contributed by atoms with Gasteiger partial charge in [-0.3, -0.25) is 0 Å². The Morgan fingerprint density at radius 3 is 2.04 bits per heavy atom. The summed E-state index contributed by atoms with van der Waals surface area (Å²) in [6.45, 7) is -1.45. The molecule has 1 unspecified atom stereocenters. The van der Waals surface area contributed by atoms with Crippen LogP contribution >= 0.6 is 0 Å². The second kappa shape index (κ2) is 11.4. The van der Waals surface area contributed by atoms with Crippen molar-refractivity contribution in [2.75, 3.05) is 0 Å². The van der Waals surface area contributed by atoms with Gasteiger partial charge in [0.05, 0.1) is 7.05 Å². The molecule has 1 aromatic carbocycles. The molecular weight excluding hydrogens is 331 g/mol. The summed E-state index contributed by atoms with van der Waals surface area (Å²) in [6, 6.07) is 11.1. The van der Waals surface area contributed by atoms with Gasteiger partial charge in [0.2, 0.25) is 6.33 Å². The Labute approximate surface area is 134 Å². The van der Waals surface area contributed by atoms with Crippen LogP contribution in [-0.2, 0) is 17.5 Å². The van der Waals surface area contributed by atoms with E-state index in [1.165, 1.54) is 5.56 Å². The van der Waals surface area contributed by atoms with Gasteiger partial charge in [0.25, 0.3) is 0 Å². The minimum Gasteiger partial charge on any atom is -0.686 e. The van der Waals surface area contributed by atoms with Crippen molar-refractivity contribution in [1.82, 2.24) is 4.57 Å². The van der Waals surface area contributed by atoms with E-state index in [4.69, 9.17) is 13.2 Å². The van der Waals surface area contributed by atoms with Crippen LogP contribution in [0.25, 0.3) is 4.78 Å². The monoisotopic (exact) mass is 349 g/mol. The topological polar surface area (TPSA) is 65.2 Å². The third kappa shape index (κ3) is 10.2. The van der Waals surface area contributed by atoms with Crippen LogP contribution in [0.2, 0.25) is 0 Å². The van der Waals surface area contributed by atoms with Crippen LogP contribution in [0.1, 0.15) is 24.9 Å². The van der Waals surface area contributed by atoms with Gasteiger partial charge in [-0.05, 0) is 12.0 Å². The summed E-state index contributed by atoms with van der Waals surface area (Å²) in [6.07, 6.45) is 7.44. The molecule has 0 spiro atoms. The second-order valence-electron chi connectivity index (χ2n) is 4.33. The van der Waals surface area contributed by atoms with Crippen molar-refractivity contribution < 1.29 is 26.2 Å². The summed E-state index contributed by atoms with van der Waals surface area (Å²) < 4.78 is 57.4. The average Bonchev–Trinajstić information content (AvgIpc) is 2.86. The molecule has 0 fully saturated rings. The van der Waals surface area contributed by atoms with E-state index in [-0.39, 0.29) is 0 Å². The van der Waals surface area contributed by atoms with Crippen molar-refractivity contribution in [3.8, 4) is 0 Å². The molecule has 0 radical (unpaired) electrons. The maximum absolute atomic E-state index is 9.67. The number of benzene rings is 1. The fourth-order valence-corrected chi connectivity index (χ4v) is 1.95. The molecule has 1 aromatic heterocycles. The highest BCUT2D eigenvalue weighted by Crippen LogP contribution is 2.20. The Morgan fingerprint density at radius 1 is 1.22 bits per heavy atom. The van der Waals surface area contributed by atoms with Gasteiger partial charge in [-0.15, -0.1) is 0 Å². The molecule has 0 bridgehead atoms. The molecule has 5 nitrogen and oxygen atoms in total. The zero-order chi connectivity index (χ0) is 17.8. The first kappa shape index (κ1) is 20.8. The van der Waals surface area contributed by atoms with Crippen molar-refractivity contribution in [3.05, 3.63) is 59.4 Å². The fourth-order valence-electron chi connectivity index (χ4n) is 1.95. The van der Waals surface area contributed by atoms with Crippen molar-refractivity contribution in [1.29, 1.82) is 0 Å². The molecule has 0 N–H and O–H groups in total. The maximum Gasteiger partial charge on any atom is 0.379 e. The lowest BCUT2D eigenvalue weighted by molar-refractivity contribution is -0.671. The Kier molecular flexibility index (Phi) is 10.3. The molecule has 0 amide bonds. The molecule has 128 valence electrons. The quantitative estimate of drug-likeness (QED) is 0.799. The van der Waals surface area contributed by atoms with E-state index in [1.807, 2.05) is 7.05 Å². The van der Waals surface area contributed by atoms with Crippen LogP contribution in [-0.4, -0.2) is 19.7 Å². The number of hydrogen-bond donors (Lipinski definition) is 0. The molecule has 0 aliphatic rings. The average molecular weight is 349 g/mol. The number of hydrogen-bond acceptors (Lipinski definition) is 2. The minimum atomic E-state index is -3.67. The molecule has 0 aliphatic carbocycles. The number of halogens is 3. The molecule has 0 aliphatic heterocycles. The summed E-state index contributed by atoms with van der Waals surface area (Å²) >= 11 is 0. The van der Waals surface area contributed by atoms with Gasteiger partial charge in [0, 0.05) is 0 Å². The number of nitrogens with zero attached hydrogens (tertiary/aromatic N) is 3. The number of imidazole rings is 1. The number of rotatable bonds is 3. The summed E-state index contributed by atoms with van der Waals surface area (Å²) in [7, 11) is -0.811. The number of aryl methyl sites for hydroxylation is 1. The van der Waals surface area contributed by atoms with Crippen molar-refractivity contribution in [3.63, 3.8) is 0 Å². The summed E-state index contributed by atoms with van der Waals surface area (Å²) in [5, 5.41) is 0. The molecule has 0 saturated heterocycles. The lowest BCUT2D eigenvalue weighted by atomic mass is 10.0. The van der Waals surface area contributed by atoms with Crippen molar-refractivity contribution in [2.24, 2.45) is 7.05 Å². The van der Waals surface area contributed by atoms with E-state index < -0.39 is 17.2 Å². The minimum absolute atomic E-state index is 0.451. The van der Waals surface area contributed by atoms with Crippen molar-refractivity contribution in [2.45, 2.75) is 26.1 Å². The van der Waals surface area contributed by atoms with Gasteiger partial charge >= 0.3 is 6.68 Å². The van der Waals surface area contributed by atoms with Crippen LogP contribution in [0.15, 0.2) is 49.1 Å². The summed E-state index contributed by atoms with van der Waals surface area (Å²) in [5.74, 6) is 0. The number of aromatic nitrogens is 2. The molecule has 0 saturated carbocycles. The van der Waals surface area contributed by atoms with Gasteiger partial charge < -0.3 is 4.78 Å². The van der Waals surface area contributed by atoms with Crippen molar-refractivity contribution >= 4 is 10.5 Å².